The summed E-state index contributed by atoms with van der Waals surface area (Å²) in [7, 11) is 2.61. The van der Waals surface area contributed by atoms with Gasteiger partial charge in [0.1, 0.15) is 11.9 Å². The van der Waals surface area contributed by atoms with Gasteiger partial charge >= 0.3 is 24.0 Å². The lowest BCUT2D eigenvalue weighted by molar-refractivity contribution is -0.137. The zero-order chi connectivity index (χ0) is 33.7. The van der Waals surface area contributed by atoms with E-state index in [1.54, 1.807) is 19.9 Å². The normalized spacial score (nSPS) is 23.3. The third kappa shape index (κ3) is 7.33. The van der Waals surface area contributed by atoms with E-state index in [1.807, 2.05) is 24.3 Å². The molecule has 0 radical (unpaired) electrons. The third-order valence-corrected chi connectivity index (χ3v) is 9.41. The van der Waals surface area contributed by atoms with Gasteiger partial charge in [0, 0.05) is 32.3 Å². The minimum atomic E-state index is -1.23. The Morgan fingerprint density at radius 2 is 1.77 bits per heavy atom. The lowest BCUT2D eigenvalue weighted by Gasteiger charge is -2.37. The van der Waals surface area contributed by atoms with Crippen molar-refractivity contribution in [2.24, 2.45) is 0 Å². The van der Waals surface area contributed by atoms with E-state index < -0.39 is 29.9 Å². The van der Waals surface area contributed by atoms with E-state index in [9.17, 15) is 23.6 Å². The first-order valence-corrected chi connectivity index (χ1v) is 16.1. The molecule has 0 aromatic heterocycles. The zero-order valence-electron chi connectivity index (χ0n) is 27.3. The van der Waals surface area contributed by atoms with Gasteiger partial charge in [-0.1, -0.05) is 30.3 Å². The number of urea groups is 2. The molecule has 2 heterocycles. The van der Waals surface area contributed by atoms with Crippen molar-refractivity contribution in [2.75, 3.05) is 40.5 Å². The van der Waals surface area contributed by atoms with Gasteiger partial charge < -0.3 is 24.8 Å². The average Bonchev–Trinajstić information content (AvgIpc) is 3.54. The molecule has 0 bridgehead atoms. The monoisotopic (exact) mass is 650 g/mol. The topological polar surface area (TPSA) is 127 Å². The summed E-state index contributed by atoms with van der Waals surface area (Å²) in [6, 6.07) is 9.43. The largest absolute Gasteiger partial charge is 0.466 e. The van der Waals surface area contributed by atoms with Gasteiger partial charge in [0.2, 0.25) is 0 Å². The maximum Gasteiger partial charge on any atom is 0.338 e. The van der Waals surface area contributed by atoms with Crippen LogP contribution < -0.4 is 10.6 Å². The summed E-state index contributed by atoms with van der Waals surface area (Å²) in [6.07, 6.45) is 4.46. The fraction of sp³-hybridized carbons (Fsp3) is 0.486. The summed E-state index contributed by atoms with van der Waals surface area (Å²) in [5.41, 5.74) is 2.44. The Morgan fingerprint density at radius 3 is 2.45 bits per heavy atom. The molecule has 2 N–H and O–H groups in total. The molecule has 252 valence electrons. The number of carbonyl (C=O) groups is 4. The van der Waals surface area contributed by atoms with Crippen LogP contribution in [0.2, 0.25) is 0 Å². The average molecular weight is 651 g/mol. The SMILES string of the molecule is CCOC(=O)c1ccccc1C1CCC(N2CC[C@@H](NC(=O)N3C(=O)NC(COC)=C(C(=O)OC)[C@@H]3c3ccc(C)c(F)c3)C2)CC1. The van der Waals surface area contributed by atoms with E-state index >= 15 is 0 Å². The number of imide groups is 1. The summed E-state index contributed by atoms with van der Waals surface area (Å²) >= 11 is 0. The molecular formula is C35H43FN4O7. The highest BCUT2D eigenvalue weighted by Crippen LogP contribution is 2.38. The Bertz CT molecular complexity index is 1540. The van der Waals surface area contributed by atoms with Crippen LogP contribution in [0.1, 0.15) is 78.0 Å². The Hall–Kier alpha value is -4.29. The number of esters is 2. The summed E-state index contributed by atoms with van der Waals surface area (Å²) in [4.78, 5) is 56.1. The van der Waals surface area contributed by atoms with Gasteiger partial charge in [-0.2, -0.15) is 0 Å². The van der Waals surface area contributed by atoms with E-state index in [-0.39, 0.29) is 41.4 Å². The van der Waals surface area contributed by atoms with Crippen LogP contribution in [0, 0.1) is 12.7 Å². The van der Waals surface area contributed by atoms with Crippen molar-refractivity contribution in [3.63, 3.8) is 0 Å². The smallest absolute Gasteiger partial charge is 0.338 e. The minimum Gasteiger partial charge on any atom is -0.466 e. The molecule has 2 aliphatic heterocycles. The molecule has 2 fully saturated rings. The van der Waals surface area contributed by atoms with E-state index in [1.165, 1.54) is 26.4 Å². The van der Waals surface area contributed by atoms with Crippen molar-refractivity contribution in [3.05, 3.63) is 81.8 Å². The maximum atomic E-state index is 14.8. The van der Waals surface area contributed by atoms with Crippen molar-refractivity contribution in [1.29, 1.82) is 0 Å². The van der Waals surface area contributed by atoms with Gasteiger partial charge in [-0.25, -0.2) is 28.5 Å². The molecule has 1 saturated carbocycles. The standard InChI is InChI=1S/C35H43FN4O7/c1-5-47-32(41)27-9-7-6-8-26(27)22-12-14-25(15-13-22)39-17-16-24(19-39)37-34(43)40-31(23-11-10-21(2)28(36)18-23)30(33(42)46-4)29(20-45-3)38-35(40)44/h6-11,18,22,24-25,31H,5,12-17,19-20H2,1-4H3,(H,37,43)(H,38,44)/t22?,24-,25?,31+/m1/s1. The van der Waals surface area contributed by atoms with Crippen LogP contribution in [0.4, 0.5) is 14.0 Å². The van der Waals surface area contributed by atoms with Gasteiger partial charge in [-0.3, -0.25) is 4.90 Å². The number of aryl methyl sites for hydroxylation is 1. The minimum absolute atomic E-state index is 0.0123. The fourth-order valence-electron chi connectivity index (χ4n) is 7.06. The lowest BCUT2D eigenvalue weighted by Crippen LogP contribution is -2.56. The quantitative estimate of drug-likeness (QED) is 0.365. The molecule has 47 heavy (non-hydrogen) atoms. The number of benzene rings is 2. The van der Waals surface area contributed by atoms with Gasteiger partial charge in [0.15, 0.2) is 0 Å². The van der Waals surface area contributed by atoms with Crippen LogP contribution in [0.25, 0.3) is 0 Å². The Balaban J connectivity index is 1.28. The van der Waals surface area contributed by atoms with Crippen LogP contribution in [-0.2, 0) is 19.0 Å². The van der Waals surface area contributed by atoms with Crippen LogP contribution >= 0.6 is 0 Å². The van der Waals surface area contributed by atoms with Crippen molar-refractivity contribution in [2.45, 2.75) is 70.0 Å². The highest BCUT2D eigenvalue weighted by molar-refractivity contribution is 6.02. The highest BCUT2D eigenvalue weighted by atomic mass is 19.1. The number of halogens is 1. The second-order valence-corrected chi connectivity index (χ2v) is 12.3. The molecule has 4 amide bonds. The number of amides is 4. The number of ether oxygens (including phenoxy) is 3. The molecule has 11 nitrogen and oxygen atoms in total. The van der Waals surface area contributed by atoms with Gasteiger partial charge in [-0.15, -0.1) is 0 Å². The molecular weight excluding hydrogens is 607 g/mol. The van der Waals surface area contributed by atoms with Crippen molar-refractivity contribution < 1.29 is 37.8 Å². The molecule has 0 unspecified atom stereocenters. The summed E-state index contributed by atoms with van der Waals surface area (Å²) in [5, 5.41) is 5.61. The van der Waals surface area contributed by atoms with Crippen molar-refractivity contribution >= 4 is 24.0 Å². The Morgan fingerprint density at radius 1 is 1.02 bits per heavy atom. The second kappa shape index (κ2) is 15.1. The first-order chi connectivity index (χ1) is 22.7. The van der Waals surface area contributed by atoms with Gasteiger partial charge in [0.05, 0.1) is 37.2 Å². The van der Waals surface area contributed by atoms with Gasteiger partial charge in [-0.05, 0) is 80.7 Å². The van der Waals surface area contributed by atoms with E-state index in [4.69, 9.17) is 14.2 Å². The summed E-state index contributed by atoms with van der Waals surface area (Å²) < 4.78 is 30.3. The first-order valence-electron chi connectivity index (χ1n) is 16.1. The number of hydrogen-bond donors (Lipinski definition) is 2. The van der Waals surface area contributed by atoms with Crippen molar-refractivity contribution in [1.82, 2.24) is 20.4 Å². The molecule has 5 rings (SSSR count). The fourth-order valence-corrected chi connectivity index (χ4v) is 7.06. The number of hydrogen-bond acceptors (Lipinski definition) is 8. The molecule has 2 aromatic rings. The first kappa shape index (κ1) is 34.1. The molecule has 12 heteroatoms. The predicted molar refractivity (Wildman–Crippen MR) is 171 cm³/mol. The predicted octanol–water partition coefficient (Wildman–Crippen LogP) is 4.96. The number of likely N-dealkylation sites (tertiary alicyclic amines) is 1. The molecule has 3 aliphatic rings. The zero-order valence-corrected chi connectivity index (χ0v) is 27.3. The number of nitrogens with zero attached hydrogens (tertiary/aromatic N) is 2. The van der Waals surface area contributed by atoms with Gasteiger partial charge in [0.25, 0.3) is 0 Å². The molecule has 1 aliphatic carbocycles. The second-order valence-electron chi connectivity index (χ2n) is 12.3. The summed E-state index contributed by atoms with van der Waals surface area (Å²) in [6.45, 7) is 5.00. The lowest BCUT2D eigenvalue weighted by atomic mass is 9.79. The van der Waals surface area contributed by atoms with E-state index in [0.717, 1.165) is 42.7 Å². The van der Waals surface area contributed by atoms with Crippen LogP contribution in [0.5, 0.6) is 0 Å². The molecule has 0 spiro atoms. The highest BCUT2D eigenvalue weighted by Gasteiger charge is 2.44. The van der Waals surface area contributed by atoms with Crippen LogP contribution in [0.15, 0.2) is 53.7 Å². The molecule has 1 saturated heterocycles. The van der Waals surface area contributed by atoms with E-state index in [2.05, 4.69) is 15.5 Å². The number of methoxy groups -OCH3 is 2. The number of rotatable bonds is 9. The third-order valence-electron chi connectivity index (χ3n) is 9.41. The number of carbonyl (C=O) groups excluding carboxylic acids is 4. The molecule has 2 aromatic carbocycles. The summed E-state index contributed by atoms with van der Waals surface area (Å²) in [5.74, 6) is -1.32. The maximum absolute atomic E-state index is 14.8. The Kier molecular flexibility index (Phi) is 10.9. The number of nitrogens with one attached hydrogen (secondary N) is 2. The molecule has 2 atom stereocenters. The van der Waals surface area contributed by atoms with Crippen LogP contribution in [0.3, 0.4) is 0 Å². The van der Waals surface area contributed by atoms with Crippen molar-refractivity contribution in [3.8, 4) is 0 Å². The van der Waals surface area contributed by atoms with Crippen LogP contribution in [-0.4, -0.2) is 86.4 Å². The Labute approximate surface area is 274 Å². The van der Waals surface area contributed by atoms with E-state index in [0.29, 0.717) is 36.7 Å².